The lowest BCUT2D eigenvalue weighted by molar-refractivity contribution is -0.716. The largest absolute Gasteiger partial charge is 0.544 e. The first kappa shape index (κ1) is 15.2. The number of fused-ring (bicyclic) bond motifs is 4. The molecule has 3 N–H and O–H groups in total. The van der Waals surface area contributed by atoms with Crippen molar-refractivity contribution in [2.45, 2.75) is 18.5 Å². The van der Waals surface area contributed by atoms with Gasteiger partial charge >= 0.3 is 0 Å². The molecule has 4 heteroatoms. The molecule has 1 aliphatic rings. The minimum absolute atomic E-state index is 0.0971. The Morgan fingerprint density at radius 1 is 0.962 bits per heavy atom. The second-order valence-electron chi connectivity index (χ2n) is 6.93. The number of para-hydroxylation sites is 1. The van der Waals surface area contributed by atoms with Crippen molar-refractivity contribution in [2.24, 2.45) is 0 Å². The fourth-order valence-electron chi connectivity index (χ4n) is 4.27. The zero-order valence-corrected chi connectivity index (χ0v) is 14.1. The van der Waals surface area contributed by atoms with Crippen LogP contribution in [0.2, 0.25) is 0 Å². The number of rotatable bonds is 2. The second-order valence-corrected chi connectivity index (χ2v) is 6.93. The minimum atomic E-state index is -1.01. The fraction of sp³-hybridized carbons (Fsp3) is 0.136. The van der Waals surface area contributed by atoms with Gasteiger partial charge in [-0.15, -0.1) is 0 Å². The van der Waals surface area contributed by atoms with E-state index in [4.69, 9.17) is 0 Å². The number of nitrogens with two attached hydrogens (primary N) is 1. The Balaban J connectivity index is 1.77. The lowest BCUT2D eigenvalue weighted by Gasteiger charge is -2.29. The number of quaternary nitrogens is 1. The lowest BCUT2D eigenvalue weighted by atomic mass is 9.88. The number of aromatic amines is 1. The highest BCUT2D eigenvalue weighted by Crippen LogP contribution is 2.34. The van der Waals surface area contributed by atoms with E-state index >= 15 is 0 Å². The molecule has 2 heterocycles. The van der Waals surface area contributed by atoms with Gasteiger partial charge in [0.05, 0.1) is 11.7 Å². The molecule has 3 aromatic carbocycles. The fourth-order valence-corrected chi connectivity index (χ4v) is 4.27. The molecule has 26 heavy (non-hydrogen) atoms. The van der Waals surface area contributed by atoms with Crippen molar-refractivity contribution in [3.05, 3.63) is 83.6 Å². The van der Waals surface area contributed by atoms with Gasteiger partial charge in [0.15, 0.2) is 6.04 Å². The molecule has 0 radical (unpaired) electrons. The molecule has 1 aliphatic heterocycles. The monoisotopic (exact) mass is 342 g/mol. The quantitative estimate of drug-likeness (QED) is 0.581. The number of carboxylic acids is 1. The number of hydrogen-bond donors (Lipinski definition) is 2. The maximum Gasteiger partial charge on any atom is 0.154 e. The van der Waals surface area contributed by atoms with Gasteiger partial charge in [0.2, 0.25) is 0 Å². The van der Waals surface area contributed by atoms with Gasteiger partial charge in [0.25, 0.3) is 0 Å². The van der Waals surface area contributed by atoms with Crippen molar-refractivity contribution in [3.8, 4) is 0 Å². The number of nitrogens with one attached hydrogen (secondary N) is 1. The minimum Gasteiger partial charge on any atom is -0.544 e. The molecule has 0 fully saturated rings. The summed E-state index contributed by atoms with van der Waals surface area (Å²) in [5, 5.41) is 17.1. The highest BCUT2D eigenvalue weighted by atomic mass is 16.4. The van der Waals surface area contributed by atoms with E-state index in [9.17, 15) is 9.90 Å². The zero-order chi connectivity index (χ0) is 17.7. The molecular weight excluding hydrogens is 324 g/mol. The molecule has 0 unspecified atom stereocenters. The van der Waals surface area contributed by atoms with Crippen LogP contribution in [0.3, 0.4) is 0 Å². The molecular formula is C22H18N2O2. The summed E-state index contributed by atoms with van der Waals surface area (Å²) < 4.78 is 0. The van der Waals surface area contributed by atoms with E-state index in [0.717, 1.165) is 38.5 Å². The Hall–Kier alpha value is -3.11. The summed E-state index contributed by atoms with van der Waals surface area (Å²) in [6.45, 7) is 0. The first-order valence-electron chi connectivity index (χ1n) is 8.85. The third-order valence-electron chi connectivity index (χ3n) is 5.47. The number of hydrogen-bond acceptors (Lipinski definition) is 2. The molecule has 0 aliphatic carbocycles. The highest BCUT2D eigenvalue weighted by molar-refractivity contribution is 5.89. The number of carbonyl (C=O) groups excluding carboxylic acids is 1. The van der Waals surface area contributed by atoms with Crippen LogP contribution in [0.25, 0.3) is 21.7 Å². The van der Waals surface area contributed by atoms with E-state index < -0.39 is 12.0 Å². The lowest BCUT2D eigenvalue weighted by Crippen LogP contribution is -2.95. The smallest absolute Gasteiger partial charge is 0.154 e. The van der Waals surface area contributed by atoms with Gasteiger partial charge < -0.3 is 20.2 Å². The van der Waals surface area contributed by atoms with Crippen molar-refractivity contribution in [1.82, 2.24) is 4.98 Å². The molecule has 0 saturated carbocycles. The Morgan fingerprint density at radius 2 is 1.69 bits per heavy atom. The Morgan fingerprint density at radius 3 is 2.54 bits per heavy atom. The molecule has 0 saturated heterocycles. The van der Waals surface area contributed by atoms with Crippen molar-refractivity contribution in [2.75, 3.05) is 0 Å². The first-order chi connectivity index (χ1) is 12.7. The number of H-pyrrole nitrogens is 1. The van der Waals surface area contributed by atoms with Crippen LogP contribution in [0, 0.1) is 0 Å². The van der Waals surface area contributed by atoms with Gasteiger partial charge in [-0.1, -0.05) is 60.7 Å². The summed E-state index contributed by atoms with van der Waals surface area (Å²) in [5.41, 5.74) is 4.37. The molecule has 4 aromatic rings. The number of aliphatic carboxylic acids is 1. The summed E-state index contributed by atoms with van der Waals surface area (Å²) in [5.74, 6) is -1.01. The van der Waals surface area contributed by atoms with E-state index in [1.165, 1.54) is 0 Å². The predicted octanol–water partition coefficient (Wildman–Crippen LogP) is 1.65. The maximum atomic E-state index is 11.7. The van der Waals surface area contributed by atoms with Crippen molar-refractivity contribution < 1.29 is 15.2 Å². The van der Waals surface area contributed by atoms with Crippen LogP contribution in [0.5, 0.6) is 0 Å². The van der Waals surface area contributed by atoms with Crippen LogP contribution in [0.15, 0.2) is 66.7 Å². The molecule has 4 nitrogen and oxygen atoms in total. The molecule has 0 spiro atoms. The number of carboxylic acid groups (broad SMARTS) is 1. The summed E-state index contributed by atoms with van der Waals surface area (Å²) >= 11 is 0. The van der Waals surface area contributed by atoms with Crippen LogP contribution in [-0.4, -0.2) is 17.0 Å². The van der Waals surface area contributed by atoms with Crippen LogP contribution in [0.4, 0.5) is 0 Å². The van der Waals surface area contributed by atoms with Crippen molar-refractivity contribution in [3.63, 3.8) is 0 Å². The SMILES string of the molecule is O=C([O-])[C@H]1Cc2c([nH]c3ccccc23)[C@@H](c2cccc3ccccc23)[NH2+]1. The highest BCUT2D eigenvalue weighted by Gasteiger charge is 2.35. The molecule has 0 amide bonds. The van der Waals surface area contributed by atoms with Gasteiger partial charge in [-0.05, 0) is 22.4 Å². The molecule has 2 atom stereocenters. The standard InChI is InChI=1S/C22H18N2O2/c25-22(26)19-12-17-15-9-3-4-11-18(15)23-21(17)20(24-19)16-10-5-7-13-6-1-2-8-14(13)16/h1-11,19-20,23-24H,12H2,(H,25,26)/t19-,20-/m1/s1. The molecule has 128 valence electrons. The normalized spacial score (nSPS) is 19.5. The van der Waals surface area contributed by atoms with Crippen LogP contribution < -0.4 is 10.4 Å². The van der Waals surface area contributed by atoms with Crippen LogP contribution >= 0.6 is 0 Å². The molecule has 0 bridgehead atoms. The average Bonchev–Trinajstić information content (AvgIpc) is 3.05. The van der Waals surface area contributed by atoms with Gasteiger partial charge in [0, 0.05) is 22.9 Å². The number of carbonyl (C=O) groups is 1. The Kier molecular flexibility index (Phi) is 3.33. The van der Waals surface area contributed by atoms with Gasteiger partial charge in [-0.3, -0.25) is 0 Å². The molecule has 5 rings (SSSR count). The van der Waals surface area contributed by atoms with E-state index in [2.05, 4.69) is 35.3 Å². The third-order valence-corrected chi connectivity index (χ3v) is 5.47. The topological polar surface area (TPSA) is 72.5 Å². The van der Waals surface area contributed by atoms with E-state index in [1.807, 2.05) is 41.7 Å². The van der Waals surface area contributed by atoms with Gasteiger partial charge in [0.1, 0.15) is 6.04 Å². The first-order valence-corrected chi connectivity index (χ1v) is 8.85. The predicted molar refractivity (Wildman–Crippen MR) is 98.5 cm³/mol. The van der Waals surface area contributed by atoms with Gasteiger partial charge in [-0.25, -0.2) is 0 Å². The third kappa shape index (κ3) is 2.23. The second kappa shape index (κ2) is 5.71. The average molecular weight is 342 g/mol. The zero-order valence-electron chi connectivity index (χ0n) is 14.1. The van der Waals surface area contributed by atoms with E-state index in [0.29, 0.717) is 6.42 Å². The Bertz CT molecular complexity index is 1140. The number of benzene rings is 3. The summed E-state index contributed by atoms with van der Waals surface area (Å²) in [6.07, 6.45) is 0.475. The molecule has 1 aromatic heterocycles. The summed E-state index contributed by atoms with van der Waals surface area (Å²) in [6, 6.07) is 21.9. The van der Waals surface area contributed by atoms with Crippen LogP contribution in [0.1, 0.15) is 22.9 Å². The number of aromatic nitrogens is 1. The summed E-state index contributed by atoms with van der Waals surface area (Å²) in [4.78, 5) is 15.3. The van der Waals surface area contributed by atoms with Crippen LogP contribution in [-0.2, 0) is 11.2 Å². The summed E-state index contributed by atoms with van der Waals surface area (Å²) in [7, 11) is 0. The van der Waals surface area contributed by atoms with Gasteiger partial charge in [-0.2, -0.15) is 0 Å². The van der Waals surface area contributed by atoms with E-state index in [-0.39, 0.29) is 6.04 Å². The maximum absolute atomic E-state index is 11.7. The van der Waals surface area contributed by atoms with Crippen molar-refractivity contribution >= 4 is 27.6 Å². The Labute approximate surface area is 150 Å². The van der Waals surface area contributed by atoms with E-state index in [1.54, 1.807) is 0 Å². The van der Waals surface area contributed by atoms with Crippen molar-refractivity contribution in [1.29, 1.82) is 0 Å².